The summed E-state index contributed by atoms with van der Waals surface area (Å²) >= 11 is 1.73. The van der Waals surface area contributed by atoms with Crippen molar-refractivity contribution in [1.82, 2.24) is 0 Å². The molecule has 1 aliphatic heterocycles. The van der Waals surface area contributed by atoms with E-state index in [0.29, 0.717) is 6.61 Å². The molecule has 1 aromatic rings. The van der Waals surface area contributed by atoms with Gasteiger partial charge < -0.3 is 15.4 Å². The first-order chi connectivity index (χ1) is 9.44. The minimum absolute atomic E-state index is 0.140. The zero-order chi connectivity index (χ0) is 14.8. The Bertz CT molecular complexity index is 502. The molecule has 0 aromatic heterocycles. The van der Waals surface area contributed by atoms with Crippen LogP contribution in [0.1, 0.15) is 26.3 Å². The number of nitrogens with one attached hydrogen (secondary N) is 1. The molecule has 5 heteroatoms. The van der Waals surface area contributed by atoms with Gasteiger partial charge in [0.25, 0.3) is 0 Å². The number of amidine groups is 1. The Hall–Kier alpha value is -1.20. The van der Waals surface area contributed by atoms with Gasteiger partial charge in [-0.05, 0) is 31.7 Å². The van der Waals surface area contributed by atoms with Crippen molar-refractivity contribution >= 4 is 23.3 Å². The molecule has 2 rings (SSSR count). The summed E-state index contributed by atoms with van der Waals surface area (Å²) in [5.41, 5.74) is 7.57. The highest BCUT2D eigenvalue weighted by Crippen LogP contribution is 2.32. The largest absolute Gasteiger partial charge is 0.384 e. The zero-order valence-electron chi connectivity index (χ0n) is 12.4. The topological polar surface area (TPSA) is 62.3 Å². The van der Waals surface area contributed by atoms with Crippen molar-refractivity contribution < 1.29 is 4.74 Å². The third-order valence-corrected chi connectivity index (χ3v) is 4.28. The highest BCUT2D eigenvalue weighted by molar-refractivity contribution is 7.99. The van der Waals surface area contributed by atoms with Crippen molar-refractivity contribution in [3.05, 3.63) is 23.8 Å². The maximum Gasteiger partial charge on any atom is 0.126 e. The lowest BCUT2D eigenvalue weighted by molar-refractivity contribution is -0.0277. The molecule has 20 heavy (non-hydrogen) atoms. The van der Waals surface area contributed by atoms with Gasteiger partial charge in [-0.2, -0.15) is 0 Å². The van der Waals surface area contributed by atoms with E-state index in [0.717, 1.165) is 35.0 Å². The normalized spacial score (nSPS) is 18.1. The molecule has 0 saturated carbocycles. The number of thioether (sulfide) groups is 1. The van der Waals surface area contributed by atoms with E-state index in [-0.39, 0.29) is 11.4 Å². The molecule has 4 nitrogen and oxygen atoms in total. The summed E-state index contributed by atoms with van der Waals surface area (Å²) in [6, 6.07) is 6.14. The average molecular weight is 293 g/mol. The van der Waals surface area contributed by atoms with Crippen LogP contribution < -0.4 is 10.6 Å². The molecule has 0 unspecified atom stereocenters. The molecule has 1 saturated heterocycles. The Morgan fingerprint density at radius 3 is 2.85 bits per heavy atom. The fourth-order valence-electron chi connectivity index (χ4n) is 2.55. The predicted molar refractivity (Wildman–Crippen MR) is 86.1 cm³/mol. The Kier molecular flexibility index (Phi) is 4.60. The minimum atomic E-state index is -0.166. The number of hydrogen-bond acceptors (Lipinski definition) is 4. The van der Waals surface area contributed by atoms with E-state index in [4.69, 9.17) is 15.9 Å². The van der Waals surface area contributed by atoms with E-state index in [9.17, 15) is 0 Å². The van der Waals surface area contributed by atoms with Gasteiger partial charge in [0, 0.05) is 23.7 Å². The lowest BCUT2D eigenvalue weighted by atomic mass is 10.0. The van der Waals surface area contributed by atoms with E-state index < -0.39 is 0 Å². The van der Waals surface area contributed by atoms with Gasteiger partial charge in [0.1, 0.15) is 5.84 Å². The summed E-state index contributed by atoms with van der Waals surface area (Å²) in [4.78, 5) is 3.36. The van der Waals surface area contributed by atoms with Crippen LogP contribution in [0, 0.1) is 5.41 Å². The molecular formula is C15H23N3OS. The maximum atomic E-state index is 7.92. The first-order valence-electron chi connectivity index (χ1n) is 6.94. The molecule has 3 N–H and O–H groups in total. The summed E-state index contributed by atoms with van der Waals surface area (Å²) in [7, 11) is 0. The van der Waals surface area contributed by atoms with E-state index in [1.54, 1.807) is 11.8 Å². The molecular weight excluding hydrogens is 270 g/mol. The summed E-state index contributed by atoms with van der Waals surface area (Å²) in [6.07, 6.45) is 0. The van der Waals surface area contributed by atoms with Crippen molar-refractivity contribution in [2.24, 2.45) is 5.73 Å². The lowest BCUT2D eigenvalue weighted by Gasteiger charge is -2.40. The van der Waals surface area contributed by atoms with Crippen LogP contribution in [-0.4, -0.2) is 36.9 Å². The number of ether oxygens (including phenoxy) is 1. The van der Waals surface area contributed by atoms with Gasteiger partial charge in [0.2, 0.25) is 0 Å². The summed E-state index contributed by atoms with van der Waals surface area (Å²) in [5, 5.41) is 7.92. The average Bonchev–Trinajstić information content (AvgIpc) is 2.37. The van der Waals surface area contributed by atoms with Gasteiger partial charge in [0.05, 0.1) is 17.8 Å². The van der Waals surface area contributed by atoms with Crippen LogP contribution in [0.15, 0.2) is 23.1 Å². The third kappa shape index (κ3) is 3.27. The fourth-order valence-corrected chi connectivity index (χ4v) is 3.40. The number of hydrogen-bond donors (Lipinski definition) is 2. The Morgan fingerprint density at radius 1 is 1.50 bits per heavy atom. The van der Waals surface area contributed by atoms with Crippen LogP contribution in [0.5, 0.6) is 0 Å². The van der Waals surface area contributed by atoms with E-state index >= 15 is 0 Å². The Morgan fingerprint density at radius 2 is 2.25 bits per heavy atom. The number of anilines is 1. The van der Waals surface area contributed by atoms with E-state index in [2.05, 4.69) is 31.7 Å². The number of nitrogen functional groups attached to an aromatic ring is 1. The van der Waals surface area contributed by atoms with Crippen LogP contribution in [0.25, 0.3) is 0 Å². The van der Waals surface area contributed by atoms with Crippen molar-refractivity contribution in [2.75, 3.05) is 30.3 Å². The second-order valence-electron chi connectivity index (χ2n) is 5.53. The summed E-state index contributed by atoms with van der Waals surface area (Å²) in [6.45, 7) is 8.65. The van der Waals surface area contributed by atoms with Crippen molar-refractivity contribution in [2.45, 2.75) is 31.3 Å². The molecule has 0 amide bonds. The number of benzene rings is 1. The molecule has 1 aliphatic rings. The standard InChI is InChI=1S/C15H23N3OS/c1-4-20-12-7-5-6-11(13(12)14(16)17)18-8-9-19-15(2,3)10-18/h5-7H,4,8-10H2,1-3H3,(H3,16,17). The molecule has 0 bridgehead atoms. The van der Waals surface area contributed by atoms with Crippen LogP contribution in [0.3, 0.4) is 0 Å². The van der Waals surface area contributed by atoms with Gasteiger partial charge in [-0.3, -0.25) is 5.41 Å². The second kappa shape index (κ2) is 6.06. The lowest BCUT2D eigenvalue weighted by Crippen LogP contribution is -2.48. The molecule has 1 fully saturated rings. The number of morpholine rings is 1. The quantitative estimate of drug-likeness (QED) is 0.509. The summed E-state index contributed by atoms with van der Waals surface area (Å²) < 4.78 is 5.76. The fraction of sp³-hybridized carbons (Fsp3) is 0.533. The monoisotopic (exact) mass is 293 g/mol. The first-order valence-corrected chi connectivity index (χ1v) is 7.92. The number of nitrogens with two attached hydrogens (primary N) is 1. The van der Waals surface area contributed by atoms with Crippen molar-refractivity contribution in [1.29, 1.82) is 5.41 Å². The number of nitrogens with zero attached hydrogens (tertiary/aromatic N) is 1. The van der Waals surface area contributed by atoms with Crippen LogP contribution in [0.4, 0.5) is 5.69 Å². The molecule has 0 radical (unpaired) electrons. The van der Waals surface area contributed by atoms with Crippen LogP contribution >= 0.6 is 11.8 Å². The molecule has 1 heterocycles. The number of rotatable bonds is 4. The van der Waals surface area contributed by atoms with Gasteiger partial charge >= 0.3 is 0 Å². The Balaban J connectivity index is 2.40. The van der Waals surface area contributed by atoms with Gasteiger partial charge in [-0.1, -0.05) is 13.0 Å². The molecule has 110 valence electrons. The van der Waals surface area contributed by atoms with E-state index in [1.807, 2.05) is 12.1 Å². The molecule has 0 atom stereocenters. The smallest absolute Gasteiger partial charge is 0.126 e. The maximum absolute atomic E-state index is 7.92. The van der Waals surface area contributed by atoms with E-state index in [1.165, 1.54) is 0 Å². The second-order valence-corrected chi connectivity index (χ2v) is 6.83. The summed E-state index contributed by atoms with van der Waals surface area (Å²) in [5.74, 6) is 1.11. The first kappa shape index (κ1) is 15.2. The molecule has 0 aliphatic carbocycles. The van der Waals surface area contributed by atoms with Crippen molar-refractivity contribution in [3.63, 3.8) is 0 Å². The molecule has 1 aromatic carbocycles. The highest BCUT2D eigenvalue weighted by Gasteiger charge is 2.29. The third-order valence-electron chi connectivity index (χ3n) is 3.34. The minimum Gasteiger partial charge on any atom is -0.384 e. The van der Waals surface area contributed by atoms with Crippen LogP contribution in [0.2, 0.25) is 0 Å². The van der Waals surface area contributed by atoms with Gasteiger partial charge in [-0.25, -0.2) is 0 Å². The van der Waals surface area contributed by atoms with Crippen molar-refractivity contribution in [3.8, 4) is 0 Å². The van der Waals surface area contributed by atoms with Gasteiger partial charge in [0.15, 0.2) is 0 Å². The van der Waals surface area contributed by atoms with Gasteiger partial charge in [-0.15, -0.1) is 11.8 Å². The highest BCUT2D eigenvalue weighted by atomic mass is 32.2. The Labute approximate surface area is 125 Å². The zero-order valence-corrected chi connectivity index (χ0v) is 13.2. The van der Waals surface area contributed by atoms with Crippen LogP contribution in [-0.2, 0) is 4.74 Å². The predicted octanol–water partition coefficient (Wildman–Crippen LogP) is 2.70. The SMILES string of the molecule is CCSc1cccc(N2CCOC(C)(C)C2)c1C(=N)N. The molecule has 0 spiro atoms.